The topological polar surface area (TPSA) is 63.6 Å². The first-order valence-corrected chi connectivity index (χ1v) is 7.19. The molecule has 0 aliphatic heterocycles. The summed E-state index contributed by atoms with van der Waals surface area (Å²) in [7, 11) is -2.90. The molecule has 0 bridgehead atoms. The largest absolute Gasteiger partial charge is 0.391 e. The highest BCUT2D eigenvalue weighted by Crippen LogP contribution is 2.03. The van der Waals surface area contributed by atoms with Crippen LogP contribution in [0.4, 0.5) is 0 Å². The van der Waals surface area contributed by atoms with Crippen molar-refractivity contribution in [2.75, 3.05) is 18.1 Å². The van der Waals surface area contributed by atoms with Crippen LogP contribution in [0.2, 0.25) is 0 Å². The molecule has 0 heterocycles. The lowest BCUT2D eigenvalue weighted by Gasteiger charge is -2.13. The van der Waals surface area contributed by atoms with Crippen LogP contribution in [0.15, 0.2) is 0 Å². The SMILES string of the molecule is CCS(=O)(=O)CCCC(O)COC(C)C. The molecular formula is C10H22O4S. The number of aliphatic hydroxyl groups excluding tert-OH is 1. The van der Waals surface area contributed by atoms with Crippen molar-refractivity contribution in [1.29, 1.82) is 0 Å². The Labute approximate surface area is 92.6 Å². The smallest absolute Gasteiger partial charge is 0.150 e. The van der Waals surface area contributed by atoms with E-state index in [9.17, 15) is 13.5 Å². The van der Waals surface area contributed by atoms with Gasteiger partial charge in [-0.2, -0.15) is 0 Å². The lowest BCUT2D eigenvalue weighted by molar-refractivity contribution is 0.00256. The molecular weight excluding hydrogens is 216 g/mol. The molecule has 1 unspecified atom stereocenters. The third-order valence-corrected chi connectivity index (χ3v) is 3.84. The van der Waals surface area contributed by atoms with Gasteiger partial charge in [0.25, 0.3) is 0 Å². The Balaban J connectivity index is 3.59. The minimum Gasteiger partial charge on any atom is -0.391 e. The monoisotopic (exact) mass is 238 g/mol. The van der Waals surface area contributed by atoms with Crippen molar-refractivity contribution in [2.45, 2.75) is 45.8 Å². The summed E-state index contributed by atoms with van der Waals surface area (Å²) >= 11 is 0. The first-order chi connectivity index (χ1) is 6.87. The van der Waals surface area contributed by atoms with Crippen molar-refractivity contribution in [1.82, 2.24) is 0 Å². The number of hydrogen-bond acceptors (Lipinski definition) is 4. The lowest BCUT2D eigenvalue weighted by Crippen LogP contribution is -2.19. The maximum absolute atomic E-state index is 11.1. The molecule has 0 amide bonds. The van der Waals surface area contributed by atoms with Gasteiger partial charge >= 0.3 is 0 Å². The number of aliphatic hydroxyl groups is 1. The van der Waals surface area contributed by atoms with Crippen LogP contribution in [0.5, 0.6) is 0 Å². The second kappa shape index (κ2) is 7.19. The summed E-state index contributed by atoms with van der Waals surface area (Å²) in [5.41, 5.74) is 0. The van der Waals surface area contributed by atoms with E-state index in [-0.39, 0.29) is 24.2 Å². The zero-order chi connectivity index (χ0) is 11.9. The highest BCUT2D eigenvalue weighted by Gasteiger charge is 2.10. The van der Waals surface area contributed by atoms with E-state index in [1.807, 2.05) is 13.8 Å². The van der Waals surface area contributed by atoms with Gasteiger partial charge in [-0.1, -0.05) is 6.92 Å². The molecule has 5 heteroatoms. The molecule has 0 fully saturated rings. The molecule has 0 aliphatic carbocycles. The van der Waals surface area contributed by atoms with Gasteiger partial charge in [-0.15, -0.1) is 0 Å². The van der Waals surface area contributed by atoms with Gasteiger partial charge in [0.05, 0.1) is 24.6 Å². The van der Waals surface area contributed by atoms with Crippen LogP contribution in [0.25, 0.3) is 0 Å². The second-order valence-electron chi connectivity index (χ2n) is 3.91. The molecule has 1 N–H and O–H groups in total. The maximum Gasteiger partial charge on any atom is 0.150 e. The van der Waals surface area contributed by atoms with E-state index < -0.39 is 15.9 Å². The standard InChI is InChI=1S/C10H22O4S/c1-4-15(12,13)7-5-6-10(11)8-14-9(2)3/h9-11H,4-8H2,1-3H3. The van der Waals surface area contributed by atoms with E-state index in [0.717, 1.165) is 0 Å². The van der Waals surface area contributed by atoms with Gasteiger partial charge < -0.3 is 9.84 Å². The highest BCUT2D eigenvalue weighted by atomic mass is 32.2. The summed E-state index contributed by atoms with van der Waals surface area (Å²) in [5.74, 6) is 0.327. The molecule has 15 heavy (non-hydrogen) atoms. The molecule has 0 aliphatic rings. The first kappa shape index (κ1) is 14.9. The maximum atomic E-state index is 11.1. The fourth-order valence-corrected chi connectivity index (χ4v) is 1.97. The Morgan fingerprint density at radius 2 is 1.93 bits per heavy atom. The number of sulfone groups is 1. The van der Waals surface area contributed by atoms with Crippen LogP contribution in [0.3, 0.4) is 0 Å². The molecule has 0 spiro atoms. The fraction of sp³-hybridized carbons (Fsp3) is 1.00. The molecule has 0 aromatic heterocycles. The summed E-state index contributed by atoms with van der Waals surface area (Å²) < 4.78 is 27.5. The minimum atomic E-state index is -2.90. The number of ether oxygens (including phenoxy) is 1. The van der Waals surface area contributed by atoms with E-state index in [1.54, 1.807) is 6.92 Å². The van der Waals surface area contributed by atoms with Crippen molar-refractivity contribution >= 4 is 9.84 Å². The van der Waals surface area contributed by atoms with Gasteiger partial charge in [0, 0.05) is 5.75 Å². The van der Waals surface area contributed by atoms with Crippen LogP contribution in [0, 0.1) is 0 Å². The molecule has 0 saturated carbocycles. The average molecular weight is 238 g/mol. The van der Waals surface area contributed by atoms with Crippen LogP contribution in [-0.4, -0.2) is 43.8 Å². The van der Waals surface area contributed by atoms with E-state index in [0.29, 0.717) is 12.8 Å². The van der Waals surface area contributed by atoms with Crippen molar-refractivity contribution in [2.24, 2.45) is 0 Å². The van der Waals surface area contributed by atoms with Crippen LogP contribution in [0.1, 0.15) is 33.6 Å². The van der Waals surface area contributed by atoms with Crippen LogP contribution < -0.4 is 0 Å². The van der Waals surface area contributed by atoms with Crippen molar-refractivity contribution < 1.29 is 18.3 Å². The molecule has 0 aromatic rings. The van der Waals surface area contributed by atoms with Crippen molar-refractivity contribution in [3.8, 4) is 0 Å². The van der Waals surface area contributed by atoms with Gasteiger partial charge in [-0.3, -0.25) is 0 Å². The molecule has 0 saturated heterocycles. The zero-order valence-electron chi connectivity index (χ0n) is 9.77. The highest BCUT2D eigenvalue weighted by molar-refractivity contribution is 7.91. The van der Waals surface area contributed by atoms with E-state index in [2.05, 4.69) is 0 Å². The lowest BCUT2D eigenvalue weighted by atomic mass is 10.2. The summed E-state index contributed by atoms with van der Waals surface area (Å²) in [6, 6.07) is 0. The summed E-state index contributed by atoms with van der Waals surface area (Å²) in [6.45, 7) is 5.71. The third-order valence-electron chi connectivity index (χ3n) is 2.05. The Bertz CT molecular complexity index is 246. The summed E-state index contributed by atoms with van der Waals surface area (Å²) in [4.78, 5) is 0. The fourth-order valence-electron chi connectivity index (χ4n) is 1.07. The Morgan fingerprint density at radius 3 is 2.40 bits per heavy atom. The van der Waals surface area contributed by atoms with Gasteiger partial charge in [-0.25, -0.2) is 8.42 Å². The molecule has 0 radical (unpaired) electrons. The van der Waals surface area contributed by atoms with E-state index >= 15 is 0 Å². The second-order valence-corrected chi connectivity index (χ2v) is 6.39. The third kappa shape index (κ3) is 8.84. The van der Waals surface area contributed by atoms with Crippen LogP contribution in [-0.2, 0) is 14.6 Å². The quantitative estimate of drug-likeness (QED) is 0.685. The molecule has 4 nitrogen and oxygen atoms in total. The molecule has 92 valence electrons. The van der Waals surface area contributed by atoms with Gasteiger partial charge in [0.1, 0.15) is 9.84 Å². The Hall–Kier alpha value is -0.130. The van der Waals surface area contributed by atoms with Crippen LogP contribution >= 0.6 is 0 Å². The van der Waals surface area contributed by atoms with Gasteiger partial charge in [0.2, 0.25) is 0 Å². The number of rotatable bonds is 8. The normalized spacial score (nSPS) is 14.5. The molecule has 1 atom stereocenters. The predicted octanol–water partition coefficient (Wildman–Crippen LogP) is 0.987. The van der Waals surface area contributed by atoms with E-state index in [4.69, 9.17) is 4.74 Å². The Morgan fingerprint density at radius 1 is 1.33 bits per heavy atom. The zero-order valence-corrected chi connectivity index (χ0v) is 10.6. The Kier molecular flexibility index (Phi) is 7.13. The van der Waals surface area contributed by atoms with Crippen molar-refractivity contribution in [3.05, 3.63) is 0 Å². The first-order valence-electron chi connectivity index (χ1n) is 5.37. The summed E-state index contributed by atoms with van der Waals surface area (Å²) in [5, 5.41) is 9.45. The van der Waals surface area contributed by atoms with Crippen molar-refractivity contribution in [3.63, 3.8) is 0 Å². The minimum absolute atomic E-state index is 0.0963. The average Bonchev–Trinajstić information content (AvgIpc) is 2.14. The summed E-state index contributed by atoms with van der Waals surface area (Å²) in [6.07, 6.45) is 0.517. The predicted molar refractivity (Wildman–Crippen MR) is 60.7 cm³/mol. The van der Waals surface area contributed by atoms with E-state index in [1.165, 1.54) is 0 Å². The number of hydrogen-bond donors (Lipinski definition) is 1. The van der Waals surface area contributed by atoms with Gasteiger partial charge in [0.15, 0.2) is 0 Å². The molecule has 0 rings (SSSR count). The molecule has 0 aromatic carbocycles. The van der Waals surface area contributed by atoms with Gasteiger partial charge in [-0.05, 0) is 26.7 Å².